The van der Waals surface area contributed by atoms with Gasteiger partial charge in [0.05, 0.1) is 0 Å². The van der Waals surface area contributed by atoms with Gasteiger partial charge < -0.3 is 11.1 Å². The normalized spacial score (nSPS) is 12.2. The summed E-state index contributed by atoms with van der Waals surface area (Å²) in [5.74, 6) is -0.368. The molecule has 1 aromatic rings. The lowest BCUT2D eigenvalue weighted by Crippen LogP contribution is -2.45. The van der Waals surface area contributed by atoms with Crippen molar-refractivity contribution in [3.8, 4) is 0 Å². The lowest BCUT2D eigenvalue weighted by Gasteiger charge is -2.13. The molecule has 1 amide bonds. The summed E-state index contributed by atoms with van der Waals surface area (Å²) in [6, 6.07) is -0.00266. The second-order valence-electron chi connectivity index (χ2n) is 4.83. The van der Waals surface area contributed by atoms with E-state index in [0.29, 0.717) is 6.54 Å². The van der Waals surface area contributed by atoms with E-state index in [1.165, 1.54) is 10.8 Å². The average molecular weight is 282 g/mol. The number of rotatable bonds is 6. The number of nitrogens with one attached hydrogen (secondary N) is 1. The van der Waals surface area contributed by atoms with Gasteiger partial charge in [-0.15, -0.1) is 0 Å². The first-order valence-electron chi connectivity index (χ1n) is 6.79. The third-order valence-electron chi connectivity index (χ3n) is 3.05. The standard InChI is InChI=1S/C13H22N4O3/c1-4-6-16-7-10(14)12(19)17(13(16)20)8-11(18)15-9(3)5-2/h7,9H,4-6,8,14H2,1-3H3,(H,15,18). The fourth-order valence-corrected chi connectivity index (χ4v) is 1.78. The van der Waals surface area contributed by atoms with Gasteiger partial charge in [-0.05, 0) is 19.8 Å². The molecule has 112 valence electrons. The van der Waals surface area contributed by atoms with E-state index in [1.54, 1.807) is 0 Å². The van der Waals surface area contributed by atoms with Crippen molar-refractivity contribution in [3.05, 3.63) is 27.0 Å². The fourth-order valence-electron chi connectivity index (χ4n) is 1.78. The van der Waals surface area contributed by atoms with Crippen LogP contribution in [0, 0.1) is 0 Å². The van der Waals surface area contributed by atoms with Gasteiger partial charge in [-0.2, -0.15) is 0 Å². The molecule has 1 unspecified atom stereocenters. The van der Waals surface area contributed by atoms with E-state index < -0.39 is 11.2 Å². The Balaban J connectivity index is 3.08. The molecule has 1 aromatic heterocycles. The summed E-state index contributed by atoms with van der Waals surface area (Å²) >= 11 is 0. The van der Waals surface area contributed by atoms with Crippen LogP contribution in [0.1, 0.15) is 33.6 Å². The fraction of sp³-hybridized carbons (Fsp3) is 0.615. The Morgan fingerprint density at radius 2 is 2.05 bits per heavy atom. The van der Waals surface area contributed by atoms with Crippen LogP contribution in [0.4, 0.5) is 5.69 Å². The summed E-state index contributed by atoms with van der Waals surface area (Å²) < 4.78 is 2.23. The Hall–Kier alpha value is -2.05. The Labute approximate surface area is 117 Å². The molecule has 0 radical (unpaired) electrons. The van der Waals surface area contributed by atoms with Crippen molar-refractivity contribution in [2.75, 3.05) is 5.73 Å². The maximum Gasteiger partial charge on any atom is 0.331 e. The Kier molecular flexibility index (Phi) is 5.54. The van der Waals surface area contributed by atoms with Crippen LogP contribution in [0.15, 0.2) is 15.8 Å². The van der Waals surface area contributed by atoms with Gasteiger partial charge in [-0.3, -0.25) is 14.2 Å². The number of amides is 1. The smallest absolute Gasteiger partial charge is 0.331 e. The Morgan fingerprint density at radius 1 is 1.40 bits per heavy atom. The van der Waals surface area contributed by atoms with E-state index in [0.717, 1.165) is 17.4 Å². The van der Waals surface area contributed by atoms with E-state index >= 15 is 0 Å². The van der Waals surface area contributed by atoms with Crippen molar-refractivity contribution in [2.45, 2.75) is 52.7 Å². The van der Waals surface area contributed by atoms with Crippen LogP contribution >= 0.6 is 0 Å². The molecule has 0 fully saturated rings. The van der Waals surface area contributed by atoms with Crippen molar-refractivity contribution in [1.29, 1.82) is 0 Å². The number of hydrogen-bond donors (Lipinski definition) is 2. The van der Waals surface area contributed by atoms with Crippen LogP contribution in [0.2, 0.25) is 0 Å². The van der Waals surface area contributed by atoms with Crippen molar-refractivity contribution >= 4 is 11.6 Å². The summed E-state index contributed by atoms with van der Waals surface area (Å²) in [5, 5.41) is 2.72. The van der Waals surface area contributed by atoms with Gasteiger partial charge in [-0.1, -0.05) is 13.8 Å². The molecule has 0 aliphatic carbocycles. The van der Waals surface area contributed by atoms with Crippen LogP contribution in [-0.4, -0.2) is 21.1 Å². The van der Waals surface area contributed by atoms with Gasteiger partial charge in [0.2, 0.25) is 5.91 Å². The van der Waals surface area contributed by atoms with Gasteiger partial charge in [0, 0.05) is 18.8 Å². The Morgan fingerprint density at radius 3 is 2.60 bits per heavy atom. The first kappa shape index (κ1) is 16.0. The van der Waals surface area contributed by atoms with E-state index in [-0.39, 0.29) is 24.2 Å². The molecule has 0 saturated heterocycles. The van der Waals surface area contributed by atoms with Gasteiger partial charge in [-0.25, -0.2) is 9.36 Å². The van der Waals surface area contributed by atoms with Crippen LogP contribution < -0.4 is 22.3 Å². The first-order chi connectivity index (χ1) is 9.40. The minimum absolute atomic E-state index is 0.00266. The maximum atomic E-state index is 12.1. The summed E-state index contributed by atoms with van der Waals surface area (Å²) in [7, 11) is 0. The number of aryl methyl sites for hydroxylation is 1. The number of aromatic nitrogens is 2. The highest BCUT2D eigenvalue weighted by Crippen LogP contribution is 1.93. The predicted molar refractivity (Wildman–Crippen MR) is 77.6 cm³/mol. The molecule has 3 N–H and O–H groups in total. The minimum Gasteiger partial charge on any atom is -0.393 e. The topological polar surface area (TPSA) is 99.1 Å². The number of anilines is 1. The third-order valence-corrected chi connectivity index (χ3v) is 3.05. The van der Waals surface area contributed by atoms with E-state index in [1.807, 2.05) is 20.8 Å². The van der Waals surface area contributed by atoms with Crippen molar-refractivity contribution in [1.82, 2.24) is 14.5 Å². The molecule has 0 bridgehead atoms. The molecule has 20 heavy (non-hydrogen) atoms. The summed E-state index contributed by atoms with van der Waals surface area (Å²) in [4.78, 5) is 35.8. The predicted octanol–water partition coefficient (Wildman–Crippen LogP) is -0.0831. The van der Waals surface area contributed by atoms with E-state index in [2.05, 4.69) is 5.32 Å². The van der Waals surface area contributed by atoms with Gasteiger partial charge >= 0.3 is 5.69 Å². The van der Waals surface area contributed by atoms with Gasteiger partial charge in [0.1, 0.15) is 12.2 Å². The van der Waals surface area contributed by atoms with Crippen molar-refractivity contribution in [3.63, 3.8) is 0 Å². The summed E-state index contributed by atoms with van der Waals surface area (Å²) in [6.45, 7) is 5.85. The highest BCUT2D eigenvalue weighted by atomic mass is 16.2. The minimum atomic E-state index is -0.623. The molecule has 0 aromatic carbocycles. The number of carbonyl (C=O) groups is 1. The molecule has 1 atom stereocenters. The molecule has 1 heterocycles. The largest absolute Gasteiger partial charge is 0.393 e. The summed E-state index contributed by atoms with van der Waals surface area (Å²) in [6.07, 6.45) is 2.84. The number of nitrogens with two attached hydrogens (primary N) is 1. The average Bonchev–Trinajstić information content (AvgIpc) is 2.41. The highest BCUT2D eigenvalue weighted by molar-refractivity contribution is 5.76. The molecule has 1 rings (SSSR count). The molecule has 7 nitrogen and oxygen atoms in total. The lowest BCUT2D eigenvalue weighted by atomic mass is 10.2. The molecule has 0 saturated carbocycles. The van der Waals surface area contributed by atoms with Crippen LogP contribution in [0.25, 0.3) is 0 Å². The second kappa shape index (κ2) is 6.93. The molecular formula is C13H22N4O3. The third kappa shape index (κ3) is 3.72. The molecule has 0 aliphatic rings. The zero-order chi connectivity index (χ0) is 15.3. The molecule has 7 heteroatoms. The SMILES string of the molecule is CCCn1cc(N)c(=O)n(CC(=O)NC(C)CC)c1=O. The quantitative estimate of drug-likeness (QED) is 0.762. The summed E-state index contributed by atoms with van der Waals surface area (Å²) in [5.41, 5.74) is 4.43. The van der Waals surface area contributed by atoms with Gasteiger partial charge in [0.25, 0.3) is 5.56 Å². The molecular weight excluding hydrogens is 260 g/mol. The second-order valence-corrected chi connectivity index (χ2v) is 4.83. The monoisotopic (exact) mass is 282 g/mol. The zero-order valence-electron chi connectivity index (χ0n) is 12.2. The maximum absolute atomic E-state index is 12.1. The lowest BCUT2D eigenvalue weighted by molar-refractivity contribution is -0.122. The zero-order valence-corrected chi connectivity index (χ0v) is 12.2. The van der Waals surface area contributed by atoms with Crippen molar-refractivity contribution in [2.24, 2.45) is 0 Å². The van der Waals surface area contributed by atoms with Crippen LogP contribution in [-0.2, 0) is 17.9 Å². The number of nitrogen functional groups attached to an aromatic ring is 1. The van der Waals surface area contributed by atoms with Gasteiger partial charge in [0.15, 0.2) is 0 Å². The number of carbonyl (C=O) groups excluding carboxylic acids is 1. The first-order valence-corrected chi connectivity index (χ1v) is 6.79. The molecule has 0 spiro atoms. The number of hydrogen-bond acceptors (Lipinski definition) is 4. The highest BCUT2D eigenvalue weighted by Gasteiger charge is 2.13. The number of nitrogens with zero attached hydrogens (tertiary/aromatic N) is 2. The van der Waals surface area contributed by atoms with Crippen LogP contribution in [0.3, 0.4) is 0 Å². The Bertz CT molecular complexity index is 588. The van der Waals surface area contributed by atoms with Crippen LogP contribution in [0.5, 0.6) is 0 Å². The van der Waals surface area contributed by atoms with E-state index in [4.69, 9.17) is 5.73 Å². The molecule has 0 aliphatic heterocycles. The van der Waals surface area contributed by atoms with E-state index in [9.17, 15) is 14.4 Å². The van der Waals surface area contributed by atoms with Crippen molar-refractivity contribution < 1.29 is 4.79 Å².